The average Bonchev–Trinajstić information content (AvgIpc) is 2.54. The first-order valence-corrected chi connectivity index (χ1v) is 8.53. The number of hydrogen-bond donors (Lipinski definition) is 1. The quantitative estimate of drug-likeness (QED) is 0.814. The molecule has 1 N–H and O–H groups in total. The van der Waals surface area contributed by atoms with Gasteiger partial charge in [-0.2, -0.15) is 0 Å². The van der Waals surface area contributed by atoms with Crippen LogP contribution < -0.4 is 5.32 Å². The molecule has 2 heteroatoms. The van der Waals surface area contributed by atoms with Gasteiger partial charge in [0.2, 0.25) is 0 Å². The van der Waals surface area contributed by atoms with Crippen LogP contribution in [0.15, 0.2) is 30.3 Å². The van der Waals surface area contributed by atoms with Crippen molar-refractivity contribution in [3.8, 4) is 0 Å². The summed E-state index contributed by atoms with van der Waals surface area (Å²) in [5.41, 5.74) is 1.72. The van der Waals surface area contributed by atoms with E-state index in [1.54, 1.807) is 0 Å². The topological polar surface area (TPSA) is 21.3 Å². The zero-order valence-electron chi connectivity index (χ0n) is 13.9. The molecular weight excluding hydrogens is 258 g/mol. The monoisotopic (exact) mass is 289 g/mol. The number of hydrogen-bond acceptors (Lipinski definition) is 2. The van der Waals surface area contributed by atoms with Crippen molar-refractivity contribution in [2.24, 2.45) is 5.92 Å². The Morgan fingerprint density at radius 1 is 1.19 bits per heavy atom. The van der Waals surface area contributed by atoms with E-state index in [0.29, 0.717) is 6.04 Å². The van der Waals surface area contributed by atoms with E-state index in [1.165, 1.54) is 24.8 Å². The van der Waals surface area contributed by atoms with Crippen molar-refractivity contribution >= 4 is 0 Å². The third-order valence-electron chi connectivity index (χ3n) is 5.17. The third kappa shape index (κ3) is 3.87. The second-order valence-electron chi connectivity index (χ2n) is 6.61. The molecule has 1 fully saturated rings. The Balaban J connectivity index is 2.25. The minimum atomic E-state index is 0.232. The molecule has 0 bridgehead atoms. The second-order valence-corrected chi connectivity index (χ2v) is 6.61. The van der Waals surface area contributed by atoms with Gasteiger partial charge in [0.25, 0.3) is 0 Å². The van der Waals surface area contributed by atoms with E-state index in [1.807, 2.05) is 0 Å². The Morgan fingerprint density at radius 3 is 2.43 bits per heavy atom. The highest BCUT2D eigenvalue weighted by Crippen LogP contribution is 2.40. The molecule has 2 rings (SSSR count). The van der Waals surface area contributed by atoms with Crippen LogP contribution in [-0.2, 0) is 10.2 Å². The summed E-state index contributed by atoms with van der Waals surface area (Å²) in [5.74, 6) is 0.774. The zero-order chi connectivity index (χ0) is 15.1. The van der Waals surface area contributed by atoms with Crippen molar-refractivity contribution in [3.63, 3.8) is 0 Å². The summed E-state index contributed by atoms with van der Waals surface area (Å²) in [6.45, 7) is 6.45. The largest absolute Gasteiger partial charge is 0.381 e. The molecule has 0 radical (unpaired) electrons. The minimum absolute atomic E-state index is 0.232. The molecule has 21 heavy (non-hydrogen) atoms. The second kappa shape index (κ2) is 7.95. The van der Waals surface area contributed by atoms with Crippen molar-refractivity contribution in [3.05, 3.63) is 35.9 Å². The molecule has 0 aromatic heterocycles. The van der Waals surface area contributed by atoms with E-state index in [4.69, 9.17) is 4.74 Å². The molecule has 1 heterocycles. The van der Waals surface area contributed by atoms with Crippen LogP contribution in [0.4, 0.5) is 0 Å². The van der Waals surface area contributed by atoms with Crippen molar-refractivity contribution < 1.29 is 4.74 Å². The van der Waals surface area contributed by atoms with Gasteiger partial charge in [0.15, 0.2) is 0 Å². The molecule has 2 unspecified atom stereocenters. The number of ether oxygens (including phenoxy) is 1. The molecule has 1 saturated heterocycles. The summed E-state index contributed by atoms with van der Waals surface area (Å²) in [7, 11) is 2.13. The third-order valence-corrected chi connectivity index (χ3v) is 5.17. The molecule has 0 aliphatic carbocycles. The molecule has 2 atom stereocenters. The standard InChI is InChI=1S/C19H31NO/c1-4-8-16(2)15-18(20-3)19(11-13-21-14-12-19)17-9-6-5-7-10-17/h5-7,9-10,16,18,20H,4,8,11-15H2,1-3H3. The number of benzene rings is 1. The Labute approximate surface area is 130 Å². The lowest BCUT2D eigenvalue weighted by Gasteiger charge is -2.45. The maximum atomic E-state index is 5.67. The van der Waals surface area contributed by atoms with Gasteiger partial charge >= 0.3 is 0 Å². The van der Waals surface area contributed by atoms with Gasteiger partial charge in [-0.15, -0.1) is 0 Å². The van der Waals surface area contributed by atoms with E-state index in [-0.39, 0.29) is 5.41 Å². The van der Waals surface area contributed by atoms with Gasteiger partial charge in [-0.3, -0.25) is 0 Å². The molecule has 0 amide bonds. The van der Waals surface area contributed by atoms with Gasteiger partial charge in [-0.05, 0) is 37.8 Å². The molecule has 118 valence electrons. The summed E-state index contributed by atoms with van der Waals surface area (Å²) >= 11 is 0. The smallest absolute Gasteiger partial charge is 0.0475 e. The molecule has 2 nitrogen and oxygen atoms in total. The summed E-state index contributed by atoms with van der Waals surface area (Å²) in [6.07, 6.45) is 6.10. The number of likely N-dealkylation sites (N-methyl/N-ethyl adjacent to an activating group) is 1. The fraction of sp³-hybridized carbons (Fsp3) is 0.684. The molecule has 1 aliphatic rings. The summed E-state index contributed by atoms with van der Waals surface area (Å²) in [5, 5.41) is 3.64. The van der Waals surface area contributed by atoms with Gasteiger partial charge < -0.3 is 10.1 Å². The van der Waals surface area contributed by atoms with Gasteiger partial charge in [-0.25, -0.2) is 0 Å². The fourth-order valence-electron chi connectivity index (χ4n) is 3.98. The first-order chi connectivity index (χ1) is 10.2. The summed E-state index contributed by atoms with van der Waals surface area (Å²) in [6, 6.07) is 11.6. The molecule has 1 aromatic carbocycles. The first kappa shape index (κ1) is 16.5. The van der Waals surface area contributed by atoms with Gasteiger partial charge in [0.1, 0.15) is 0 Å². The lowest BCUT2D eigenvalue weighted by Crippen LogP contribution is -2.51. The molecule has 1 aromatic rings. The van der Waals surface area contributed by atoms with Crippen LogP contribution in [0.25, 0.3) is 0 Å². The van der Waals surface area contributed by atoms with Gasteiger partial charge in [0, 0.05) is 24.7 Å². The maximum Gasteiger partial charge on any atom is 0.0475 e. The van der Waals surface area contributed by atoms with Crippen LogP contribution in [0.1, 0.15) is 51.5 Å². The summed E-state index contributed by atoms with van der Waals surface area (Å²) < 4.78 is 5.67. The molecule has 1 aliphatic heterocycles. The van der Waals surface area contributed by atoms with Crippen LogP contribution >= 0.6 is 0 Å². The number of nitrogens with one attached hydrogen (secondary N) is 1. The van der Waals surface area contributed by atoms with E-state index in [9.17, 15) is 0 Å². The zero-order valence-corrected chi connectivity index (χ0v) is 13.9. The predicted molar refractivity (Wildman–Crippen MR) is 89.7 cm³/mol. The maximum absolute atomic E-state index is 5.67. The predicted octanol–water partition coefficient (Wildman–Crippen LogP) is 4.15. The normalized spacial score (nSPS) is 20.9. The Hall–Kier alpha value is -0.860. The Kier molecular flexibility index (Phi) is 6.25. The molecule has 0 spiro atoms. The Bertz CT molecular complexity index is 397. The van der Waals surface area contributed by atoms with Crippen molar-refractivity contribution in [2.45, 2.75) is 57.4 Å². The van der Waals surface area contributed by atoms with Crippen LogP contribution in [0, 0.1) is 5.92 Å². The minimum Gasteiger partial charge on any atom is -0.381 e. The first-order valence-electron chi connectivity index (χ1n) is 8.53. The average molecular weight is 289 g/mol. The molecular formula is C19H31NO. The van der Waals surface area contributed by atoms with E-state index in [2.05, 4.69) is 56.5 Å². The highest BCUT2D eigenvalue weighted by atomic mass is 16.5. The van der Waals surface area contributed by atoms with Crippen molar-refractivity contribution in [2.75, 3.05) is 20.3 Å². The van der Waals surface area contributed by atoms with E-state index < -0.39 is 0 Å². The van der Waals surface area contributed by atoms with Crippen LogP contribution in [0.5, 0.6) is 0 Å². The molecule has 0 saturated carbocycles. The lowest BCUT2D eigenvalue weighted by atomic mass is 9.66. The van der Waals surface area contributed by atoms with E-state index >= 15 is 0 Å². The van der Waals surface area contributed by atoms with E-state index in [0.717, 1.165) is 32.0 Å². The van der Waals surface area contributed by atoms with Crippen LogP contribution in [-0.4, -0.2) is 26.3 Å². The van der Waals surface area contributed by atoms with Crippen LogP contribution in [0.3, 0.4) is 0 Å². The summed E-state index contributed by atoms with van der Waals surface area (Å²) in [4.78, 5) is 0. The van der Waals surface area contributed by atoms with Crippen molar-refractivity contribution in [1.82, 2.24) is 5.32 Å². The van der Waals surface area contributed by atoms with Crippen molar-refractivity contribution in [1.29, 1.82) is 0 Å². The highest BCUT2D eigenvalue weighted by Gasteiger charge is 2.41. The lowest BCUT2D eigenvalue weighted by molar-refractivity contribution is 0.0316. The van der Waals surface area contributed by atoms with Gasteiger partial charge in [0.05, 0.1) is 0 Å². The highest BCUT2D eigenvalue weighted by molar-refractivity contribution is 5.28. The van der Waals surface area contributed by atoms with Crippen LogP contribution in [0.2, 0.25) is 0 Å². The van der Waals surface area contributed by atoms with Gasteiger partial charge in [-0.1, -0.05) is 57.0 Å². The number of rotatable bonds is 7. The Morgan fingerprint density at radius 2 is 1.86 bits per heavy atom. The fourth-order valence-corrected chi connectivity index (χ4v) is 3.98. The SMILES string of the molecule is CCCC(C)CC(NC)C1(c2ccccc2)CCOCC1.